The predicted octanol–water partition coefficient (Wildman–Crippen LogP) is 0.398. The number of thioether (sulfide) groups is 1. The zero-order valence-corrected chi connectivity index (χ0v) is 11.5. The third-order valence-corrected chi connectivity index (χ3v) is 5.17. The van der Waals surface area contributed by atoms with Gasteiger partial charge in [0.2, 0.25) is 9.47 Å². The molecule has 9 heteroatoms. The molecule has 1 aromatic rings. The molecule has 0 aromatic carbocycles. The third kappa shape index (κ3) is 3.89. The molecule has 0 aliphatic carbocycles. The molecule has 1 unspecified atom stereocenters. The molecule has 3 N–H and O–H groups in total. The molecule has 0 saturated heterocycles. The number of rotatable bonds is 6. The Bertz CT molecular complexity index is 431. The second-order valence-corrected chi connectivity index (χ2v) is 7.18. The zero-order valence-electron chi connectivity index (χ0n) is 9.00. The van der Waals surface area contributed by atoms with Gasteiger partial charge in [-0.1, -0.05) is 18.3 Å². The number of hydrogen-bond acceptors (Lipinski definition) is 7. The Kier molecular flexibility index (Phi) is 4.96. The normalized spacial score (nSPS) is 13.9. The fourth-order valence-corrected chi connectivity index (χ4v) is 3.66. The maximum Gasteiger partial charge on any atom is 0.269 e. The van der Waals surface area contributed by atoms with Crippen LogP contribution in [0.1, 0.15) is 6.92 Å². The molecule has 1 atom stereocenters. The van der Waals surface area contributed by atoms with Crippen molar-refractivity contribution in [2.24, 2.45) is 5.92 Å². The Morgan fingerprint density at radius 3 is 2.75 bits per heavy atom. The van der Waals surface area contributed by atoms with Crippen LogP contribution in [0.4, 0.5) is 5.13 Å². The number of sulfonamides is 1. The molecule has 1 rings (SSSR count). The minimum Gasteiger partial charge on any atom is -0.374 e. The lowest BCUT2D eigenvalue weighted by molar-refractivity contribution is 0.561. The highest BCUT2D eigenvalue weighted by Crippen LogP contribution is 2.16. The molecule has 0 fully saturated rings. The van der Waals surface area contributed by atoms with Crippen molar-refractivity contribution in [1.29, 1.82) is 0 Å². The summed E-state index contributed by atoms with van der Waals surface area (Å²) in [5.74, 6) is 1.18. The molecule has 0 radical (unpaired) electrons. The fraction of sp³-hybridized carbons (Fsp3) is 0.714. The Balaban J connectivity index is 2.59. The summed E-state index contributed by atoms with van der Waals surface area (Å²) in [5.41, 5.74) is 5.33. The van der Waals surface area contributed by atoms with Crippen LogP contribution in [0.3, 0.4) is 0 Å². The summed E-state index contributed by atoms with van der Waals surface area (Å²) in [6.45, 7) is 2.37. The molecule has 0 saturated carbocycles. The van der Waals surface area contributed by atoms with Crippen LogP contribution in [-0.2, 0) is 10.0 Å². The van der Waals surface area contributed by atoms with Gasteiger partial charge >= 0.3 is 0 Å². The maximum absolute atomic E-state index is 11.7. The maximum atomic E-state index is 11.7. The van der Waals surface area contributed by atoms with E-state index in [1.54, 1.807) is 11.8 Å². The minimum absolute atomic E-state index is 0.0821. The van der Waals surface area contributed by atoms with E-state index in [2.05, 4.69) is 14.9 Å². The van der Waals surface area contributed by atoms with Crippen LogP contribution in [-0.4, -0.2) is 37.2 Å². The van der Waals surface area contributed by atoms with Crippen molar-refractivity contribution in [3.05, 3.63) is 0 Å². The molecule has 6 nitrogen and oxygen atoms in total. The van der Waals surface area contributed by atoms with E-state index in [1.165, 1.54) is 0 Å². The lowest BCUT2D eigenvalue weighted by Crippen LogP contribution is -2.29. The van der Waals surface area contributed by atoms with Crippen molar-refractivity contribution in [2.75, 3.05) is 24.3 Å². The van der Waals surface area contributed by atoms with Gasteiger partial charge < -0.3 is 5.73 Å². The molecule has 1 aromatic heterocycles. The predicted molar refractivity (Wildman–Crippen MR) is 67.1 cm³/mol. The monoisotopic (exact) mass is 282 g/mol. The van der Waals surface area contributed by atoms with Crippen molar-refractivity contribution in [3.63, 3.8) is 0 Å². The van der Waals surface area contributed by atoms with Gasteiger partial charge in [0.15, 0.2) is 0 Å². The van der Waals surface area contributed by atoms with Gasteiger partial charge in [0.1, 0.15) is 0 Å². The van der Waals surface area contributed by atoms with Gasteiger partial charge in [0, 0.05) is 6.54 Å². The van der Waals surface area contributed by atoms with E-state index < -0.39 is 10.0 Å². The smallest absolute Gasteiger partial charge is 0.269 e. The van der Waals surface area contributed by atoms with Gasteiger partial charge in [-0.3, -0.25) is 0 Å². The largest absolute Gasteiger partial charge is 0.374 e. The highest BCUT2D eigenvalue weighted by molar-refractivity contribution is 7.98. The molecule has 0 aliphatic rings. The van der Waals surface area contributed by atoms with E-state index in [1.807, 2.05) is 13.2 Å². The van der Waals surface area contributed by atoms with Gasteiger partial charge in [-0.15, -0.1) is 10.2 Å². The number of aromatic nitrogens is 2. The first-order chi connectivity index (χ1) is 7.45. The zero-order chi connectivity index (χ0) is 12.2. The molecular weight excluding hydrogens is 268 g/mol. The fourth-order valence-electron chi connectivity index (χ4n) is 0.986. The van der Waals surface area contributed by atoms with Gasteiger partial charge in [0.05, 0.1) is 0 Å². The number of nitrogens with two attached hydrogens (primary N) is 1. The number of nitrogens with zero attached hydrogens (tertiary/aromatic N) is 2. The summed E-state index contributed by atoms with van der Waals surface area (Å²) in [7, 11) is -3.55. The average Bonchev–Trinajstić information content (AvgIpc) is 2.63. The van der Waals surface area contributed by atoms with E-state index in [9.17, 15) is 8.42 Å². The second-order valence-electron chi connectivity index (χ2n) is 3.32. The van der Waals surface area contributed by atoms with Crippen LogP contribution in [0.15, 0.2) is 4.34 Å². The Morgan fingerprint density at radius 2 is 2.25 bits per heavy atom. The Morgan fingerprint density at radius 1 is 1.56 bits per heavy atom. The van der Waals surface area contributed by atoms with E-state index in [4.69, 9.17) is 5.73 Å². The molecule has 0 amide bonds. The van der Waals surface area contributed by atoms with Crippen LogP contribution in [0.25, 0.3) is 0 Å². The third-order valence-electron chi connectivity index (χ3n) is 1.72. The molecule has 0 bridgehead atoms. The van der Waals surface area contributed by atoms with Crippen LogP contribution in [0, 0.1) is 5.92 Å². The lowest BCUT2D eigenvalue weighted by Gasteiger charge is -2.09. The molecule has 16 heavy (non-hydrogen) atoms. The summed E-state index contributed by atoms with van der Waals surface area (Å²) >= 11 is 2.54. The van der Waals surface area contributed by atoms with Crippen molar-refractivity contribution in [3.8, 4) is 0 Å². The summed E-state index contributed by atoms with van der Waals surface area (Å²) in [5, 5.41) is 7.12. The van der Waals surface area contributed by atoms with E-state index >= 15 is 0 Å². The van der Waals surface area contributed by atoms with Crippen molar-refractivity contribution >= 4 is 38.3 Å². The topological polar surface area (TPSA) is 98.0 Å². The first-order valence-electron chi connectivity index (χ1n) is 4.53. The SMILES string of the molecule is CSCC(C)CNS(=O)(=O)c1nnc(N)s1. The summed E-state index contributed by atoms with van der Waals surface area (Å²) < 4.78 is 25.8. The second kappa shape index (κ2) is 5.80. The van der Waals surface area contributed by atoms with Gasteiger partial charge in [-0.2, -0.15) is 11.8 Å². The summed E-state index contributed by atoms with van der Waals surface area (Å²) in [4.78, 5) is 0. The number of nitrogens with one attached hydrogen (secondary N) is 1. The molecule has 0 aliphatic heterocycles. The lowest BCUT2D eigenvalue weighted by atomic mass is 10.2. The van der Waals surface area contributed by atoms with Gasteiger partial charge in [-0.25, -0.2) is 13.1 Å². The van der Waals surface area contributed by atoms with Crippen molar-refractivity contribution in [2.45, 2.75) is 11.3 Å². The minimum atomic E-state index is -3.55. The van der Waals surface area contributed by atoms with Gasteiger partial charge in [-0.05, 0) is 17.9 Å². The Hall–Kier alpha value is -0.380. The molecule has 1 heterocycles. The van der Waals surface area contributed by atoms with Crippen LogP contribution in [0.2, 0.25) is 0 Å². The Labute approximate surface area is 103 Å². The summed E-state index contributed by atoms with van der Waals surface area (Å²) in [6.07, 6.45) is 1.98. The number of hydrogen-bond donors (Lipinski definition) is 2. The van der Waals surface area contributed by atoms with Crippen LogP contribution in [0.5, 0.6) is 0 Å². The van der Waals surface area contributed by atoms with E-state index in [0.717, 1.165) is 17.1 Å². The van der Waals surface area contributed by atoms with Crippen molar-refractivity contribution in [1.82, 2.24) is 14.9 Å². The standard InChI is InChI=1S/C7H14N4O2S3/c1-5(4-14-2)3-9-16(12,13)7-11-10-6(8)15-7/h5,9H,3-4H2,1-2H3,(H2,8,10). The summed E-state index contributed by atoms with van der Waals surface area (Å²) in [6, 6.07) is 0. The van der Waals surface area contributed by atoms with E-state index in [0.29, 0.717) is 6.54 Å². The van der Waals surface area contributed by atoms with E-state index in [-0.39, 0.29) is 15.4 Å². The highest BCUT2D eigenvalue weighted by atomic mass is 32.2. The van der Waals surface area contributed by atoms with Crippen LogP contribution >= 0.6 is 23.1 Å². The van der Waals surface area contributed by atoms with Crippen LogP contribution < -0.4 is 10.5 Å². The first-order valence-corrected chi connectivity index (χ1v) is 8.22. The highest BCUT2D eigenvalue weighted by Gasteiger charge is 2.19. The number of anilines is 1. The van der Waals surface area contributed by atoms with Gasteiger partial charge in [0.25, 0.3) is 10.0 Å². The quantitative estimate of drug-likeness (QED) is 0.783. The molecular formula is C7H14N4O2S3. The molecule has 92 valence electrons. The number of nitrogen functional groups attached to an aromatic ring is 1. The first kappa shape index (κ1) is 13.7. The average molecular weight is 282 g/mol. The van der Waals surface area contributed by atoms with Crippen molar-refractivity contribution < 1.29 is 8.42 Å². The molecule has 0 spiro atoms.